The van der Waals surface area contributed by atoms with Crippen LogP contribution in [0.4, 0.5) is 0 Å². The molecule has 0 fully saturated rings. The number of rotatable bonds is 8. The third kappa shape index (κ3) is 6.83. The molecule has 0 spiro atoms. The molecule has 0 saturated heterocycles. The molecule has 0 amide bonds. The lowest BCUT2D eigenvalue weighted by Crippen LogP contribution is -2.32. The third-order valence-electron chi connectivity index (χ3n) is 3.29. The lowest BCUT2D eigenvalue weighted by molar-refractivity contribution is 0.599. The number of hydrogen-bond donors (Lipinski definition) is 1. The van der Waals surface area contributed by atoms with E-state index in [0.29, 0.717) is 17.3 Å². The van der Waals surface area contributed by atoms with Crippen LogP contribution in [0, 0.1) is 18.9 Å². The zero-order valence-electron chi connectivity index (χ0n) is 14.7. The lowest BCUT2D eigenvalue weighted by Gasteiger charge is -2.10. The first-order chi connectivity index (χ1) is 12.5. The molecule has 0 bridgehead atoms. The predicted molar refractivity (Wildman–Crippen MR) is 110 cm³/mol. The maximum absolute atomic E-state index is 12.6. The Kier molecular flexibility index (Phi) is 8.16. The minimum absolute atomic E-state index is 0.193. The highest BCUT2D eigenvalue weighted by molar-refractivity contribution is 7.98. The lowest BCUT2D eigenvalue weighted by atomic mass is 10.2. The number of sulfone groups is 1. The summed E-state index contributed by atoms with van der Waals surface area (Å²) < 4.78 is 25.2. The number of thioether (sulfide) groups is 1. The molecule has 1 N–H and O–H groups in total. The largest absolute Gasteiger partial charge is 0.371 e. The highest BCUT2D eigenvalue weighted by Crippen LogP contribution is 2.14. The van der Waals surface area contributed by atoms with Gasteiger partial charge in [-0.1, -0.05) is 23.6 Å². The summed E-state index contributed by atoms with van der Waals surface area (Å²) in [5.41, 5.74) is 1.02. The van der Waals surface area contributed by atoms with Crippen LogP contribution in [0.2, 0.25) is 0 Å². The Labute approximate surface area is 163 Å². The number of aryl methyl sites for hydroxylation is 1. The van der Waals surface area contributed by atoms with Gasteiger partial charge in [0.05, 0.1) is 4.90 Å². The fourth-order valence-corrected chi connectivity index (χ4v) is 4.81. The molecule has 0 aliphatic rings. The zero-order chi connectivity index (χ0) is 18.8. The minimum atomic E-state index is -3.46. The van der Waals surface area contributed by atoms with E-state index in [2.05, 4.69) is 27.3 Å². The molecule has 1 heterocycles. The molecule has 26 heavy (non-hydrogen) atoms. The summed E-state index contributed by atoms with van der Waals surface area (Å²) in [6, 6.07) is 9.42. The molecule has 0 aliphatic carbocycles. The van der Waals surface area contributed by atoms with E-state index < -0.39 is 9.84 Å². The van der Waals surface area contributed by atoms with Crippen molar-refractivity contribution in [1.29, 1.82) is 0 Å². The van der Waals surface area contributed by atoms with Crippen LogP contribution in [0.15, 0.2) is 45.7 Å². The van der Waals surface area contributed by atoms with Crippen LogP contribution in [-0.2, 0) is 15.6 Å². The number of aromatic nitrogens is 1. The van der Waals surface area contributed by atoms with E-state index in [0.717, 1.165) is 22.1 Å². The Bertz CT molecular complexity index is 878. The van der Waals surface area contributed by atoms with Crippen molar-refractivity contribution in [1.82, 2.24) is 10.3 Å². The van der Waals surface area contributed by atoms with Crippen LogP contribution in [0.3, 0.4) is 0 Å². The Hall–Kier alpha value is -1.82. The van der Waals surface area contributed by atoms with Crippen molar-refractivity contribution in [2.24, 2.45) is 4.99 Å². The van der Waals surface area contributed by atoms with Crippen molar-refractivity contribution in [2.75, 3.05) is 18.1 Å². The maximum atomic E-state index is 12.6. The number of benzene rings is 1. The molecule has 2 aromatic rings. The highest BCUT2D eigenvalue weighted by Gasteiger charge is 2.17. The minimum Gasteiger partial charge on any atom is -0.371 e. The van der Waals surface area contributed by atoms with Crippen LogP contribution >= 0.6 is 23.1 Å². The molecule has 0 radical (unpaired) electrons. The normalized spacial score (nSPS) is 11.7. The van der Waals surface area contributed by atoms with Crippen molar-refractivity contribution in [2.45, 2.75) is 24.5 Å². The molecule has 1 aromatic heterocycles. The first-order valence-electron chi connectivity index (χ1n) is 7.99. The predicted octanol–water partition coefficient (Wildman–Crippen LogP) is 3.13. The van der Waals surface area contributed by atoms with Gasteiger partial charge in [-0.05, 0) is 26.0 Å². The standard InChI is InChI=1S/C18H21N3O2S3/c1-3-8-19-17(20-9-11-24-13-18-21-10-12-25-18)14-26(22,23)16-6-4-15(2)5-7-16/h4-7,10,12H,9,11,13-14H2,1-2H3,(H,19,20). The van der Waals surface area contributed by atoms with E-state index in [-0.39, 0.29) is 5.75 Å². The van der Waals surface area contributed by atoms with Gasteiger partial charge in [0.2, 0.25) is 0 Å². The molecule has 0 atom stereocenters. The zero-order valence-corrected chi connectivity index (χ0v) is 17.2. The number of hydrogen-bond acceptors (Lipinski definition) is 6. The molecule has 0 aliphatic heterocycles. The number of aliphatic imine (C=N–C) groups is 1. The van der Waals surface area contributed by atoms with E-state index in [1.165, 1.54) is 0 Å². The fourth-order valence-electron chi connectivity index (χ4n) is 2.01. The van der Waals surface area contributed by atoms with Gasteiger partial charge >= 0.3 is 0 Å². The summed E-state index contributed by atoms with van der Waals surface area (Å²) in [7, 11) is -3.46. The van der Waals surface area contributed by atoms with Gasteiger partial charge in [-0.2, -0.15) is 16.8 Å². The number of nitrogens with zero attached hydrogens (tertiary/aromatic N) is 2. The van der Waals surface area contributed by atoms with E-state index in [1.807, 2.05) is 12.3 Å². The summed E-state index contributed by atoms with van der Waals surface area (Å²) in [5, 5.41) is 6.14. The van der Waals surface area contributed by atoms with E-state index >= 15 is 0 Å². The van der Waals surface area contributed by atoms with Crippen molar-refractivity contribution in [3.05, 3.63) is 46.4 Å². The summed E-state index contributed by atoms with van der Waals surface area (Å²) >= 11 is 3.37. The van der Waals surface area contributed by atoms with E-state index in [4.69, 9.17) is 0 Å². The monoisotopic (exact) mass is 407 g/mol. The average molecular weight is 408 g/mol. The summed E-state index contributed by atoms with van der Waals surface area (Å²) in [6.07, 6.45) is 1.79. The first-order valence-corrected chi connectivity index (χ1v) is 11.7. The maximum Gasteiger partial charge on any atom is 0.185 e. The Morgan fingerprint density at radius 1 is 1.35 bits per heavy atom. The van der Waals surface area contributed by atoms with Gasteiger partial charge in [0, 0.05) is 35.7 Å². The van der Waals surface area contributed by atoms with Crippen molar-refractivity contribution >= 4 is 38.8 Å². The highest BCUT2D eigenvalue weighted by atomic mass is 32.2. The number of amidine groups is 1. The second kappa shape index (κ2) is 10.4. The van der Waals surface area contributed by atoms with E-state index in [1.54, 1.807) is 60.5 Å². The molecule has 2 rings (SSSR count). The number of thiazole rings is 1. The van der Waals surface area contributed by atoms with Gasteiger partial charge in [-0.25, -0.2) is 13.4 Å². The fraction of sp³-hybridized carbons (Fsp3) is 0.333. The summed E-state index contributed by atoms with van der Waals surface area (Å²) in [5.74, 6) is 4.52. The van der Waals surface area contributed by atoms with Gasteiger partial charge < -0.3 is 5.32 Å². The van der Waals surface area contributed by atoms with Gasteiger partial charge in [0.1, 0.15) is 16.6 Å². The molecule has 0 saturated carbocycles. The molecular formula is C18H21N3O2S3. The molecule has 0 unspecified atom stereocenters. The summed E-state index contributed by atoms with van der Waals surface area (Å²) in [4.78, 5) is 8.59. The van der Waals surface area contributed by atoms with Gasteiger partial charge in [-0.3, -0.25) is 0 Å². The Morgan fingerprint density at radius 2 is 2.12 bits per heavy atom. The van der Waals surface area contributed by atoms with Gasteiger partial charge in [0.15, 0.2) is 9.84 Å². The Morgan fingerprint density at radius 3 is 2.77 bits per heavy atom. The second-order valence-corrected chi connectivity index (χ2v) is 9.47. The summed E-state index contributed by atoms with van der Waals surface area (Å²) in [6.45, 7) is 4.20. The van der Waals surface area contributed by atoms with E-state index in [9.17, 15) is 8.42 Å². The Balaban J connectivity index is 1.91. The van der Waals surface area contributed by atoms with Crippen molar-refractivity contribution in [3.63, 3.8) is 0 Å². The van der Waals surface area contributed by atoms with Crippen LogP contribution in [0.1, 0.15) is 17.5 Å². The molecule has 138 valence electrons. The molecule has 1 aromatic carbocycles. The van der Waals surface area contributed by atoms with Crippen LogP contribution in [-0.4, -0.2) is 37.3 Å². The van der Waals surface area contributed by atoms with Crippen LogP contribution < -0.4 is 5.32 Å². The van der Waals surface area contributed by atoms with Gasteiger partial charge in [-0.15, -0.1) is 11.3 Å². The second-order valence-electron chi connectivity index (χ2n) is 5.40. The molecule has 5 nitrogen and oxygen atoms in total. The number of nitrogens with one attached hydrogen (secondary N) is 1. The molecule has 8 heteroatoms. The molecular weight excluding hydrogens is 386 g/mol. The van der Waals surface area contributed by atoms with Gasteiger partial charge in [0.25, 0.3) is 0 Å². The topological polar surface area (TPSA) is 71.4 Å². The first kappa shape index (κ1) is 20.5. The third-order valence-corrected chi connectivity index (χ3v) is 6.87. The van der Waals surface area contributed by atoms with Crippen LogP contribution in [0.5, 0.6) is 0 Å². The van der Waals surface area contributed by atoms with Crippen molar-refractivity contribution in [3.8, 4) is 12.0 Å². The smallest absolute Gasteiger partial charge is 0.185 e. The SMILES string of the molecule is CC#CN=C(CS(=O)(=O)c1ccc(C)cc1)NCCSCc1nccs1. The quantitative estimate of drug-likeness (QED) is 0.315. The van der Waals surface area contributed by atoms with Crippen molar-refractivity contribution < 1.29 is 8.42 Å². The van der Waals surface area contributed by atoms with Crippen LogP contribution in [0.25, 0.3) is 0 Å². The average Bonchev–Trinajstić information content (AvgIpc) is 3.12.